The van der Waals surface area contributed by atoms with Crippen LogP contribution in [0.1, 0.15) is 18.9 Å². The summed E-state index contributed by atoms with van der Waals surface area (Å²) in [5.74, 6) is 0.253. The van der Waals surface area contributed by atoms with E-state index >= 15 is 0 Å². The molecule has 0 aliphatic carbocycles. The zero-order valence-corrected chi connectivity index (χ0v) is 13.3. The summed E-state index contributed by atoms with van der Waals surface area (Å²) in [6, 6.07) is 4.44. The average Bonchev–Trinajstić information content (AvgIpc) is 2.48. The van der Waals surface area contributed by atoms with E-state index in [1.165, 1.54) is 12.1 Å². The number of phenolic OH excluding ortho intramolecular Hbond substituents is 1. The zero-order valence-electron chi connectivity index (χ0n) is 12.5. The van der Waals surface area contributed by atoms with E-state index in [4.69, 9.17) is 5.73 Å². The smallest absolute Gasteiger partial charge is 0.326 e. The molecular formula is C15H22N2O4S. The summed E-state index contributed by atoms with van der Waals surface area (Å²) >= 11 is 1.68. The predicted molar refractivity (Wildman–Crippen MR) is 87.0 cm³/mol. The Bertz CT molecular complexity index is 493. The number of carboxylic acids is 1. The van der Waals surface area contributed by atoms with Crippen molar-refractivity contribution >= 4 is 23.6 Å². The molecule has 0 radical (unpaired) electrons. The van der Waals surface area contributed by atoms with Gasteiger partial charge in [0, 0.05) is 6.42 Å². The molecule has 0 heterocycles. The average molecular weight is 326 g/mol. The van der Waals surface area contributed by atoms with Gasteiger partial charge in [-0.2, -0.15) is 11.8 Å². The molecule has 5 N–H and O–H groups in total. The molecule has 0 bridgehead atoms. The third-order valence-electron chi connectivity index (χ3n) is 3.10. The number of nitrogens with two attached hydrogens (primary N) is 1. The fourth-order valence-electron chi connectivity index (χ4n) is 1.83. The van der Waals surface area contributed by atoms with Crippen LogP contribution in [0, 0.1) is 0 Å². The summed E-state index contributed by atoms with van der Waals surface area (Å²) < 4.78 is 0. The highest BCUT2D eigenvalue weighted by Crippen LogP contribution is 2.11. The maximum absolute atomic E-state index is 11.9. The van der Waals surface area contributed by atoms with E-state index in [1.54, 1.807) is 23.9 Å². The molecule has 122 valence electrons. The van der Waals surface area contributed by atoms with Crippen molar-refractivity contribution in [3.05, 3.63) is 29.8 Å². The van der Waals surface area contributed by atoms with Gasteiger partial charge in [0.05, 0.1) is 6.04 Å². The molecule has 1 aromatic rings. The molecular weight excluding hydrogens is 304 g/mol. The molecule has 6 nitrogen and oxygen atoms in total. The number of nitrogens with one attached hydrogen (secondary N) is 1. The van der Waals surface area contributed by atoms with E-state index in [0.29, 0.717) is 12.0 Å². The van der Waals surface area contributed by atoms with E-state index < -0.39 is 24.0 Å². The molecule has 1 rings (SSSR count). The molecule has 1 aromatic carbocycles. The van der Waals surface area contributed by atoms with Gasteiger partial charge >= 0.3 is 5.97 Å². The monoisotopic (exact) mass is 326 g/mol. The topological polar surface area (TPSA) is 113 Å². The summed E-state index contributed by atoms with van der Waals surface area (Å²) in [4.78, 5) is 23.2. The minimum absolute atomic E-state index is 0.107. The van der Waals surface area contributed by atoms with E-state index in [2.05, 4.69) is 5.32 Å². The van der Waals surface area contributed by atoms with E-state index in [0.717, 1.165) is 11.5 Å². The third kappa shape index (κ3) is 6.36. The zero-order chi connectivity index (χ0) is 16.5. The van der Waals surface area contributed by atoms with Crippen LogP contribution < -0.4 is 11.1 Å². The molecule has 0 aromatic heterocycles. The van der Waals surface area contributed by atoms with Crippen molar-refractivity contribution in [2.24, 2.45) is 5.73 Å². The number of rotatable bonds is 9. The Balaban J connectivity index is 2.58. The van der Waals surface area contributed by atoms with Crippen LogP contribution in [0.3, 0.4) is 0 Å². The number of thioether (sulfide) groups is 1. The standard InChI is InChI=1S/C15H22N2O4S/c1-2-22-8-7-12(16)14(19)17-13(15(20)21)9-10-3-5-11(18)6-4-10/h3-6,12-13,18H,2,7-9,16H2,1H3,(H,17,19)(H,20,21). The Hall–Kier alpha value is -1.73. The van der Waals surface area contributed by atoms with Gasteiger partial charge in [-0.25, -0.2) is 4.79 Å². The van der Waals surface area contributed by atoms with Crippen LogP contribution in [-0.4, -0.2) is 45.7 Å². The molecule has 2 unspecified atom stereocenters. The summed E-state index contributed by atoms with van der Waals surface area (Å²) in [6.07, 6.45) is 0.646. The van der Waals surface area contributed by atoms with Crippen LogP contribution in [-0.2, 0) is 16.0 Å². The maximum atomic E-state index is 11.9. The number of benzene rings is 1. The molecule has 1 amide bonds. The first-order valence-corrected chi connectivity index (χ1v) is 8.24. The SMILES string of the molecule is CCSCCC(N)C(=O)NC(Cc1ccc(O)cc1)C(=O)O. The van der Waals surface area contributed by atoms with Crippen LogP contribution in [0.2, 0.25) is 0 Å². The second kappa shape index (κ2) is 9.32. The number of amides is 1. The van der Waals surface area contributed by atoms with Gasteiger partial charge < -0.3 is 21.3 Å². The van der Waals surface area contributed by atoms with Crippen molar-refractivity contribution in [1.82, 2.24) is 5.32 Å². The van der Waals surface area contributed by atoms with Gasteiger partial charge in [0.25, 0.3) is 0 Å². The van der Waals surface area contributed by atoms with Crippen molar-refractivity contribution in [2.75, 3.05) is 11.5 Å². The highest BCUT2D eigenvalue weighted by atomic mass is 32.2. The maximum Gasteiger partial charge on any atom is 0.326 e. The van der Waals surface area contributed by atoms with E-state index in [1.807, 2.05) is 6.92 Å². The molecule has 0 spiro atoms. The Kier molecular flexibility index (Phi) is 7.76. The minimum atomic E-state index is -1.11. The number of carbonyl (C=O) groups is 2. The molecule has 2 atom stereocenters. The molecule has 0 aliphatic rings. The molecule has 0 aliphatic heterocycles. The van der Waals surface area contributed by atoms with Gasteiger partial charge in [0.1, 0.15) is 11.8 Å². The number of hydrogen-bond acceptors (Lipinski definition) is 5. The lowest BCUT2D eigenvalue weighted by Gasteiger charge is -2.18. The van der Waals surface area contributed by atoms with Gasteiger partial charge in [-0.3, -0.25) is 4.79 Å². The molecule has 7 heteroatoms. The Morgan fingerprint density at radius 1 is 1.32 bits per heavy atom. The van der Waals surface area contributed by atoms with Crippen molar-refractivity contribution in [1.29, 1.82) is 0 Å². The first-order valence-electron chi connectivity index (χ1n) is 7.08. The van der Waals surface area contributed by atoms with Crippen molar-refractivity contribution in [3.63, 3.8) is 0 Å². The number of carbonyl (C=O) groups excluding carboxylic acids is 1. The number of phenols is 1. The number of aliphatic carboxylic acids is 1. The summed E-state index contributed by atoms with van der Waals surface area (Å²) in [7, 11) is 0. The summed E-state index contributed by atoms with van der Waals surface area (Å²) in [5.41, 5.74) is 6.48. The van der Waals surface area contributed by atoms with Gasteiger partial charge in [0.2, 0.25) is 5.91 Å². The van der Waals surface area contributed by atoms with Gasteiger partial charge in [0.15, 0.2) is 0 Å². The lowest BCUT2D eigenvalue weighted by Crippen LogP contribution is -2.49. The predicted octanol–water partition coefficient (Wildman–Crippen LogP) is 0.975. The van der Waals surface area contributed by atoms with Crippen LogP contribution in [0.15, 0.2) is 24.3 Å². The first-order chi connectivity index (χ1) is 10.4. The number of hydrogen-bond donors (Lipinski definition) is 4. The Labute approximate surface area is 134 Å². The van der Waals surface area contributed by atoms with Crippen molar-refractivity contribution < 1.29 is 19.8 Å². The number of aromatic hydroxyl groups is 1. The lowest BCUT2D eigenvalue weighted by atomic mass is 10.1. The van der Waals surface area contributed by atoms with Crippen LogP contribution in [0.5, 0.6) is 5.75 Å². The summed E-state index contributed by atoms with van der Waals surface area (Å²) in [5, 5.41) is 20.9. The molecule has 22 heavy (non-hydrogen) atoms. The first kappa shape index (κ1) is 18.3. The fraction of sp³-hybridized carbons (Fsp3) is 0.467. The van der Waals surface area contributed by atoms with Crippen LogP contribution in [0.25, 0.3) is 0 Å². The molecule has 0 fully saturated rings. The highest BCUT2D eigenvalue weighted by molar-refractivity contribution is 7.99. The van der Waals surface area contributed by atoms with E-state index in [9.17, 15) is 19.8 Å². The second-order valence-corrected chi connectivity index (χ2v) is 6.26. The lowest BCUT2D eigenvalue weighted by molar-refractivity contribution is -0.142. The van der Waals surface area contributed by atoms with Gasteiger partial charge in [-0.15, -0.1) is 0 Å². The van der Waals surface area contributed by atoms with Crippen molar-refractivity contribution in [3.8, 4) is 5.75 Å². The Morgan fingerprint density at radius 2 is 1.95 bits per heavy atom. The van der Waals surface area contributed by atoms with Crippen molar-refractivity contribution in [2.45, 2.75) is 31.8 Å². The summed E-state index contributed by atoms with van der Waals surface area (Å²) in [6.45, 7) is 2.02. The second-order valence-electron chi connectivity index (χ2n) is 4.86. The van der Waals surface area contributed by atoms with Gasteiger partial charge in [-0.05, 0) is 35.6 Å². The minimum Gasteiger partial charge on any atom is -0.508 e. The molecule has 0 saturated heterocycles. The largest absolute Gasteiger partial charge is 0.508 e. The fourth-order valence-corrected chi connectivity index (χ4v) is 2.54. The molecule has 0 saturated carbocycles. The normalized spacial score (nSPS) is 13.4. The quantitative estimate of drug-likeness (QED) is 0.503. The van der Waals surface area contributed by atoms with Crippen LogP contribution >= 0.6 is 11.8 Å². The third-order valence-corrected chi connectivity index (χ3v) is 4.04. The van der Waals surface area contributed by atoms with E-state index in [-0.39, 0.29) is 12.2 Å². The van der Waals surface area contributed by atoms with Gasteiger partial charge in [-0.1, -0.05) is 19.1 Å². The number of carboxylic acid groups (broad SMARTS) is 1. The highest BCUT2D eigenvalue weighted by Gasteiger charge is 2.23. The Morgan fingerprint density at radius 3 is 2.50 bits per heavy atom. The van der Waals surface area contributed by atoms with Crippen LogP contribution in [0.4, 0.5) is 0 Å².